The summed E-state index contributed by atoms with van der Waals surface area (Å²) in [7, 11) is 1.82. The fourth-order valence-electron chi connectivity index (χ4n) is 2.11. The molecule has 2 N–H and O–H groups in total. The number of hydrogen-bond donors (Lipinski definition) is 1. The van der Waals surface area contributed by atoms with Gasteiger partial charge in [-0.05, 0) is 31.9 Å². The number of nitrogens with two attached hydrogens (primary N) is 1. The van der Waals surface area contributed by atoms with Gasteiger partial charge in [0, 0.05) is 29.6 Å². The summed E-state index contributed by atoms with van der Waals surface area (Å²) in [5.41, 5.74) is 7.95. The molecule has 1 heterocycles. The average molecular weight is 311 g/mol. The molecule has 21 heavy (non-hydrogen) atoms. The Hall–Kier alpha value is -1.40. The number of rotatable bonds is 5. The molecule has 0 saturated heterocycles. The summed E-state index contributed by atoms with van der Waals surface area (Å²) in [4.78, 5) is 0.380. The van der Waals surface area contributed by atoms with Gasteiger partial charge in [0.05, 0.1) is 5.69 Å². The fourth-order valence-corrected chi connectivity index (χ4v) is 3.14. The number of hydrogen-bond acceptors (Lipinski definition) is 3. The molecular formula is C15H19F2N3S. The Morgan fingerprint density at radius 3 is 2.71 bits per heavy atom. The van der Waals surface area contributed by atoms with Gasteiger partial charge in [-0.15, -0.1) is 0 Å². The number of aryl methyl sites for hydroxylation is 2. The number of halogens is 2. The molecule has 0 bridgehead atoms. The van der Waals surface area contributed by atoms with Crippen LogP contribution in [0, 0.1) is 18.6 Å². The Balaban J connectivity index is 2.34. The maximum atomic E-state index is 13.8. The second kappa shape index (κ2) is 6.58. The topological polar surface area (TPSA) is 43.8 Å². The molecule has 114 valence electrons. The van der Waals surface area contributed by atoms with E-state index in [1.165, 1.54) is 23.9 Å². The lowest BCUT2D eigenvalue weighted by Gasteiger charge is -2.11. The predicted octanol–water partition coefficient (Wildman–Crippen LogP) is 3.44. The van der Waals surface area contributed by atoms with Crippen LogP contribution in [0.25, 0.3) is 0 Å². The molecule has 0 spiro atoms. The third kappa shape index (κ3) is 3.63. The molecular weight excluding hydrogens is 292 g/mol. The number of aromatic nitrogens is 2. The van der Waals surface area contributed by atoms with Crippen LogP contribution in [0.15, 0.2) is 28.1 Å². The zero-order chi connectivity index (χ0) is 15.6. The summed E-state index contributed by atoms with van der Waals surface area (Å²) in [5, 5.41) is 5.23. The summed E-state index contributed by atoms with van der Waals surface area (Å²) in [6, 6.07) is 3.64. The smallest absolute Gasteiger partial charge is 0.140 e. The minimum atomic E-state index is -0.578. The van der Waals surface area contributed by atoms with E-state index in [1.54, 1.807) is 4.68 Å². The Kier molecular flexibility index (Phi) is 5.00. The van der Waals surface area contributed by atoms with Gasteiger partial charge < -0.3 is 5.73 Å². The Labute approximate surface area is 127 Å². The first kappa shape index (κ1) is 16.0. The predicted molar refractivity (Wildman–Crippen MR) is 80.4 cm³/mol. The monoisotopic (exact) mass is 311 g/mol. The largest absolute Gasteiger partial charge is 0.327 e. The number of benzene rings is 1. The molecule has 1 aromatic carbocycles. The van der Waals surface area contributed by atoms with E-state index in [0.29, 0.717) is 11.3 Å². The van der Waals surface area contributed by atoms with Gasteiger partial charge in [-0.3, -0.25) is 4.68 Å². The summed E-state index contributed by atoms with van der Waals surface area (Å²) < 4.78 is 28.5. The fraction of sp³-hybridized carbons (Fsp3) is 0.400. The van der Waals surface area contributed by atoms with Gasteiger partial charge >= 0.3 is 0 Å². The van der Waals surface area contributed by atoms with Crippen LogP contribution in [0.4, 0.5) is 8.78 Å². The van der Waals surface area contributed by atoms with Crippen LogP contribution < -0.4 is 5.73 Å². The van der Waals surface area contributed by atoms with Crippen molar-refractivity contribution in [2.24, 2.45) is 12.8 Å². The molecule has 1 unspecified atom stereocenters. The van der Waals surface area contributed by atoms with Crippen molar-refractivity contribution in [3.8, 4) is 0 Å². The van der Waals surface area contributed by atoms with Crippen molar-refractivity contribution >= 4 is 11.8 Å². The van der Waals surface area contributed by atoms with Crippen molar-refractivity contribution in [2.45, 2.75) is 42.7 Å². The van der Waals surface area contributed by atoms with Crippen molar-refractivity contribution in [2.75, 3.05) is 0 Å². The first-order valence-corrected chi connectivity index (χ1v) is 7.65. The van der Waals surface area contributed by atoms with Gasteiger partial charge in [0.1, 0.15) is 16.7 Å². The number of nitrogens with zero attached hydrogens (tertiary/aromatic N) is 2. The van der Waals surface area contributed by atoms with Crippen LogP contribution in [0.5, 0.6) is 0 Å². The lowest BCUT2D eigenvalue weighted by Crippen LogP contribution is -2.21. The van der Waals surface area contributed by atoms with E-state index in [-0.39, 0.29) is 6.04 Å². The molecule has 3 nitrogen and oxygen atoms in total. The third-order valence-corrected chi connectivity index (χ3v) is 4.64. The van der Waals surface area contributed by atoms with Crippen LogP contribution in [0.1, 0.15) is 24.6 Å². The highest BCUT2D eigenvalue weighted by Gasteiger charge is 2.18. The minimum absolute atomic E-state index is 0.0466. The van der Waals surface area contributed by atoms with E-state index >= 15 is 0 Å². The van der Waals surface area contributed by atoms with E-state index in [1.807, 2.05) is 20.9 Å². The molecule has 0 saturated carbocycles. The van der Waals surface area contributed by atoms with Crippen molar-refractivity contribution < 1.29 is 8.78 Å². The van der Waals surface area contributed by atoms with E-state index in [4.69, 9.17) is 5.73 Å². The van der Waals surface area contributed by atoms with Crippen molar-refractivity contribution in [3.63, 3.8) is 0 Å². The highest BCUT2D eigenvalue weighted by Crippen LogP contribution is 2.34. The van der Waals surface area contributed by atoms with Crippen LogP contribution >= 0.6 is 11.8 Å². The van der Waals surface area contributed by atoms with E-state index in [2.05, 4.69) is 5.10 Å². The molecule has 0 radical (unpaired) electrons. The van der Waals surface area contributed by atoms with Crippen LogP contribution in [0.3, 0.4) is 0 Å². The third-order valence-electron chi connectivity index (χ3n) is 3.38. The van der Waals surface area contributed by atoms with Gasteiger partial charge in [-0.1, -0.05) is 18.7 Å². The minimum Gasteiger partial charge on any atom is -0.327 e. The molecule has 0 aliphatic carbocycles. The molecule has 0 aliphatic heterocycles. The van der Waals surface area contributed by atoms with Crippen molar-refractivity contribution in [1.29, 1.82) is 0 Å². The molecule has 0 amide bonds. The molecule has 1 aromatic heterocycles. The lowest BCUT2D eigenvalue weighted by molar-refractivity contribution is 0.565. The Morgan fingerprint density at radius 2 is 2.10 bits per heavy atom. The van der Waals surface area contributed by atoms with Gasteiger partial charge in [0.2, 0.25) is 0 Å². The van der Waals surface area contributed by atoms with E-state index in [9.17, 15) is 8.78 Å². The maximum Gasteiger partial charge on any atom is 0.140 e. The summed E-state index contributed by atoms with van der Waals surface area (Å²) in [6.07, 6.45) is 1.56. The summed E-state index contributed by atoms with van der Waals surface area (Å²) in [5.74, 6) is -1.14. The highest BCUT2D eigenvalue weighted by molar-refractivity contribution is 7.99. The zero-order valence-corrected chi connectivity index (χ0v) is 13.2. The van der Waals surface area contributed by atoms with E-state index < -0.39 is 11.6 Å². The zero-order valence-electron chi connectivity index (χ0n) is 12.4. The Morgan fingerprint density at radius 1 is 1.38 bits per heavy atom. The van der Waals surface area contributed by atoms with Crippen LogP contribution in [-0.2, 0) is 13.5 Å². The average Bonchev–Trinajstić information content (AvgIpc) is 2.68. The van der Waals surface area contributed by atoms with Gasteiger partial charge in [-0.2, -0.15) is 5.10 Å². The van der Waals surface area contributed by atoms with Crippen molar-refractivity contribution in [3.05, 3.63) is 41.1 Å². The molecule has 2 aromatic rings. The van der Waals surface area contributed by atoms with Gasteiger partial charge in [-0.25, -0.2) is 8.78 Å². The molecule has 0 fully saturated rings. The molecule has 1 atom stereocenters. The Bertz CT molecular complexity index is 640. The highest BCUT2D eigenvalue weighted by atomic mass is 32.2. The van der Waals surface area contributed by atoms with Crippen molar-refractivity contribution in [1.82, 2.24) is 9.78 Å². The summed E-state index contributed by atoms with van der Waals surface area (Å²) >= 11 is 1.25. The van der Waals surface area contributed by atoms with Gasteiger partial charge in [0.25, 0.3) is 0 Å². The van der Waals surface area contributed by atoms with E-state index in [0.717, 1.165) is 28.8 Å². The first-order valence-electron chi connectivity index (χ1n) is 6.83. The standard InChI is InChI=1S/C15H19F2N3S/c1-4-11(18)8-12-9(2)19-20(3)15(12)21-14-6-5-10(16)7-13(14)17/h5-7,11H,4,8,18H2,1-3H3. The van der Waals surface area contributed by atoms with Gasteiger partial charge in [0.15, 0.2) is 0 Å². The maximum absolute atomic E-state index is 13.8. The second-order valence-electron chi connectivity index (χ2n) is 5.04. The quantitative estimate of drug-likeness (QED) is 0.920. The van der Waals surface area contributed by atoms with Crippen LogP contribution in [-0.4, -0.2) is 15.8 Å². The molecule has 0 aliphatic rings. The second-order valence-corrected chi connectivity index (χ2v) is 6.07. The van der Waals surface area contributed by atoms with Crippen LogP contribution in [0.2, 0.25) is 0 Å². The first-order chi connectivity index (χ1) is 9.92. The summed E-state index contributed by atoms with van der Waals surface area (Å²) in [6.45, 7) is 3.95. The normalized spacial score (nSPS) is 12.7. The SMILES string of the molecule is CCC(N)Cc1c(C)nn(C)c1Sc1ccc(F)cc1F. The molecule has 2 rings (SSSR count). The molecule has 6 heteroatoms. The lowest BCUT2D eigenvalue weighted by atomic mass is 10.1.